The Morgan fingerprint density at radius 3 is 2.07 bits per heavy atom. The van der Waals surface area contributed by atoms with E-state index in [2.05, 4.69) is 5.32 Å². The standard InChI is InChI=1S/C35H36Cl2FN3O4S/c1-24-10-15-28(16-11-24)41(46(44,45)29-17-13-27(38)14-18-29)23-33(42)40(22-26-12-19-30(36)31(37)20-26)32(34(43)39-35(2,3)4)21-25-8-6-5-7-9-25/h5-20,32H,21-23H2,1-4H3,(H,39,43). The Labute approximate surface area is 280 Å². The number of halogens is 3. The predicted octanol–water partition coefficient (Wildman–Crippen LogP) is 7.19. The summed E-state index contributed by atoms with van der Waals surface area (Å²) in [6.45, 7) is 6.66. The molecule has 0 radical (unpaired) electrons. The van der Waals surface area contributed by atoms with Gasteiger partial charge in [0.25, 0.3) is 10.0 Å². The van der Waals surface area contributed by atoms with Gasteiger partial charge in [-0.1, -0.05) is 77.3 Å². The molecule has 2 amide bonds. The highest BCUT2D eigenvalue weighted by Crippen LogP contribution is 2.27. The lowest BCUT2D eigenvalue weighted by Gasteiger charge is -2.35. The minimum Gasteiger partial charge on any atom is -0.350 e. The topological polar surface area (TPSA) is 86.8 Å². The van der Waals surface area contributed by atoms with Crippen LogP contribution in [-0.2, 0) is 32.6 Å². The molecule has 4 rings (SSSR count). The Kier molecular flexibility index (Phi) is 11.1. The zero-order valence-corrected chi connectivity index (χ0v) is 28.3. The highest BCUT2D eigenvalue weighted by Gasteiger charge is 2.35. The first-order valence-corrected chi connectivity index (χ1v) is 16.8. The molecule has 0 bridgehead atoms. The highest BCUT2D eigenvalue weighted by atomic mass is 35.5. The van der Waals surface area contributed by atoms with Crippen LogP contribution in [0.15, 0.2) is 102 Å². The van der Waals surface area contributed by atoms with Gasteiger partial charge in [0.1, 0.15) is 18.4 Å². The molecule has 1 atom stereocenters. The fourth-order valence-corrected chi connectivity index (χ4v) is 6.55. The van der Waals surface area contributed by atoms with Gasteiger partial charge < -0.3 is 10.2 Å². The number of aryl methyl sites for hydroxylation is 1. The van der Waals surface area contributed by atoms with Crippen molar-refractivity contribution in [3.05, 3.63) is 130 Å². The van der Waals surface area contributed by atoms with Crippen LogP contribution in [0.5, 0.6) is 0 Å². The quantitative estimate of drug-likeness (QED) is 0.181. The number of nitrogens with zero attached hydrogens (tertiary/aromatic N) is 2. The fraction of sp³-hybridized carbons (Fsp3) is 0.257. The van der Waals surface area contributed by atoms with Crippen LogP contribution >= 0.6 is 23.2 Å². The van der Waals surface area contributed by atoms with Crippen molar-refractivity contribution in [1.29, 1.82) is 0 Å². The molecule has 11 heteroatoms. The number of carbonyl (C=O) groups is 2. The SMILES string of the molecule is Cc1ccc(N(CC(=O)N(Cc2ccc(Cl)c(Cl)c2)C(Cc2ccccc2)C(=O)NC(C)(C)C)S(=O)(=O)c2ccc(F)cc2)cc1. The van der Waals surface area contributed by atoms with Gasteiger partial charge in [0.2, 0.25) is 11.8 Å². The van der Waals surface area contributed by atoms with Crippen molar-refractivity contribution in [2.24, 2.45) is 0 Å². The van der Waals surface area contributed by atoms with E-state index < -0.39 is 45.8 Å². The summed E-state index contributed by atoms with van der Waals surface area (Å²) in [5, 5.41) is 3.58. The summed E-state index contributed by atoms with van der Waals surface area (Å²) in [6.07, 6.45) is 0.158. The van der Waals surface area contributed by atoms with E-state index in [0.717, 1.165) is 39.7 Å². The maximum Gasteiger partial charge on any atom is 0.264 e. The Bertz CT molecular complexity index is 1780. The minimum absolute atomic E-state index is 0.0664. The van der Waals surface area contributed by atoms with Crippen molar-refractivity contribution < 1.29 is 22.4 Å². The average molecular weight is 685 g/mol. The number of anilines is 1. The molecule has 0 aliphatic rings. The van der Waals surface area contributed by atoms with E-state index >= 15 is 0 Å². The van der Waals surface area contributed by atoms with Gasteiger partial charge in [0.15, 0.2) is 0 Å². The molecule has 0 aliphatic carbocycles. The molecule has 0 fully saturated rings. The Hall–Kier alpha value is -3.92. The second-order valence-corrected chi connectivity index (χ2v) is 14.7. The summed E-state index contributed by atoms with van der Waals surface area (Å²) < 4.78 is 42.8. The van der Waals surface area contributed by atoms with Crippen molar-refractivity contribution in [3.63, 3.8) is 0 Å². The van der Waals surface area contributed by atoms with E-state index in [1.807, 2.05) is 58.0 Å². The van der Waals surface area contributed by atoms with E-state index in [1.165, 1.54) is 4.90 Å². The first-order valence-electron chi connectivity index (χ1n) is 14.6. The van der Waals surface area contributed by atoms with E-state index in [9.17, 15) is 22.4 Å². The lowest BCUT2D eigenvalue weighted by Crippen LogP contribution is -2.56. The van der Waals surface area contributed by atoms with Crippen molar-refractivity contribution in [3.8, 4) is 0 Å². The summed E-state index contributed by atoms with van der Waals surface area (Å²) in [4.78, 5) is 29.6. The molecule has 0 heterocycles. The molecule has 1 unspecified atom stereocenters. The van der Waals surface area contributed by atoms with Gasteiger partial charge in [-0.2, -0.15) is 0 Å². The van der Waals surface area contributed by atoms with Crippen LogP contribution in [0.3, 0.4) is 0 Å². The zero-order valence-electron chi connectivity index (χ0n) is 26.0. The van der Waals surface area contributed by atoms with Crippen molar-refractivity contribution in [2.75, 3.05) is 10.8 Å². The Morgan fingerprint density at radius 1 is 0.848 bits per heavy atom. The largest absolute Gasteiger partial charge is 0.350 e. The molecule has 242 valence electrons. The van der Waals surface area contributed by atoms with Gasteiger partial charge in [-0.3, -0.25) is 13.9 Å². The number of hydrogen-bond donors (Lipinski definition) is 1. The van der Waals surface area contributed by atoms with Crippen molar-refractivity contribution in [2.45, 2.75) is 57.1 Å². The second-order valence-electron chi connectivity index (χ2n) is 12.0. The number of nitrogens with one attached hydrogen (secondary N) is 1. The maximum atomic E-state index is 14.5. The molecular formula is C35H36Cl2FN3O4S. The van der Waals surface area contributed by atoms with E-state index in [4.69, 9.17) is 23.2 Å². The third-order valence-corrected chi connectivity index (χ3v) is 9.64. The van der Waals surface area contributed by atoms with Crippen molar-refractivity contribution in [1.82, 2.24) is 10.2 Å². The molecule has 0 spiro atoms. The van der Waals surface area contributed by atoms with Crippen LogP contribution in [0.2, 0.25) is 10.0 Å². The number of amides is 2. The van der Waals surface area contributed by atoms with Gasteiger partial charge in [-0.05, 0) is 87.4 Å². The van der Waals surface area contributed by atoms with E-state index in [-0.39, 0.29) is 28.6 Å². The number of sulfonamides is 1. The van der Waals surface area contributed by atoms with E-state index in [0.29, 0.717) is 10.6 Å². The summed E-state index contributed by atoms with van der Waals surface area (Å²) in [5.74, 6) is -1.64. The predicted molar refractivity (Wildman–Crippen MR) is 181 cm³/mol. The third kappa shape index (κ3) is 9.09. The minimum atomic E-state index is -4.35. The normalized spacial score (nSPS) is 12.3. The second kappa shape index (κ2) is 14.7. The number of rotatable bonds is 11. The summed E-state index contributed by atoms with van der Waals surface area (Å²) >= 11 is 12.5. The maximum absolute atomic E-state index is 14.5. The van der Waals surface area contributed by atoms with Gasteiger partial charge in [-0.15, -0.1) is 0 Å². The lowest BCUT2D eigenvalue weighted by atomic mass is 10.0. The van der Waals surface area contributed by atoms with Crippen LogP contribution in [0, 0.1) is 12.7 Å². The molecular weight excluding hydrogens is 648 g/mol. The molecule has 0 saturated carbocycles. The molecule has 46 heavy (non-hydrogen) atoms. The summed E-state index contributed by atoms with van der Waals surface area (Å²) in [6, 6.07) is 24.2. The number of hydrogen-bond acceptors (Lipinski definition) is 4. The number of carbonyl (C=O) groups excluding carboxylic acids is 2. The van der Waals surface area contributed by atoms with Crippen LogP contribution in [0.4, 0.5) is 10.1 Å². The fourth-order valence-electron chi connectivity index (χ4n) is 4.82. The third-order valence-electron chi connectivity index (χ3n) is 7.11. The first kappa shape index (κ1) is 34.9. The molecule has 0 aromatic heterocycles. The molecule has 0 saturated heterocycles. The Balaban J connectivity index is 1.83. The zero-order chi connectivity index (χ0) is 33.6. The van der Waals surface area contributed by atoms with Crippen LogP contribution in [0.25, 0.3) is 0 Å². The molecule has 1 N–H and O–H groups in total. The van der Waals surface area contributed by atoms with Gasteiger partial charge in [0.05, 0.1) is 20.6 Å². The van der Waals surface area contributed by atoms with Gasteiger partial charge >= 0.3 is 0 Å². The molecule has 4 aromatic rings. The summed E-state index contributed by atoms with van der Waals surface area (Å²) in [7, 11) is -4.35. The van der Waals surface area contributed by atoms with Crippen LogP contribution in [-0.4, -0.2) is 43.3 Å². The lowest BCUT2D eigenvalue weighted by molar-refractivity contribution is -0.140. The monoisotopic (exact) mass is 683 g/mol. The highest BCUT2D eigenvalue weighted by molar-refractivity contribution is 7.92. The number of benzene rings is 4. The van der Waals surface area contributed by atoms with Crippen LogP contribution in [0.1, 0.15) is 37.5 Å². The van der Waals surface area contributed by atoms with Gasteiger partial charge in [-0.25, -0.2) is 12.8 Å². The first-order chi connectivity index (χ1) is 21.6. The van der Waals surface area contributed by atoms with E-state index in [1.54, 1.807) is 42.5 Å². The Morgan fingerprint density at radius 2 is 1.48 bits per heavy atom. The van der Waals surface area contributed by atoms with Crippen LogP contribution < -0.4 is 9.62 Å². The summed E-state index contributed by atoms with van der Waals surface area (Å²) in [5.41, 5.74) is 1.89. The molecule has 0 aliphatic heterocycles. The molecule has 7 nitrogen and oxygen atoms in total. The smallest absolute Gasteiger partial charge is 0.264 e. The van der Waals surface area contributed by atoms with Gasteiger partial charge in [0, 0.05) is 18.5 Å². The average Bonchev–Trinajstić information content (AvgIpc) is 2.99. The molecule has 4 aromatic carbocycles. The van der Waals surface area contributed by atoms with Crippen molar-refractivity contribution >= 4 is 50.7 Å².